The average molecular weight is 322 g/mol. The lowest BCUT2D eigenvalue weighted by atomic mass is 9.96. The van der Waals surface area contributed by atoms with Crippen molar-refractivity contribution >= 4 is 27.5 Å². The van der Waals surface area contributed by atoms with E-state index < -0.39 is 5.54 Å². The Bertz CT molecular complexity index is 562. The molecule has 19 heavy (non-hydrogen) atoms. The van der Waals surface area contributed by atoms with Gasteiger partial charge in [0.2, 0.25) is 5.91 Å². The highest BCUT2D eigenvalue weighted by atomic mass is 79.9. The lowest BCUT2D eigenvalue weighted by Crippen LogP contribution is -2.62. The van der Waals surface area contributed by atoms with Gasteiger partial charge in [0.1, 0.15) is 5.54 Å². The molecule has 4 nitrogen and oxygen atoms in total. The summed E-state index contributed by atoms with van der Waals surface area (Å²) in [5, 5.41) is 8.90. The Balaban J connectivity index is 2.42. The standard InChI is InChI=1S/C14H16BrN3O/c1-14(2)13(19)17(3)6-7-18(14)12-5-4-10(9-16)8-11(12)15/h4-5,8H,6-7H2,1-3H3. The van der Waals surface area contributed by atoms with Crippen molar-refractivity contribution in [2.45, 2.75) is 19.4 Å². The highest BCUT2D eigenvalue weighted by Gasteiger charge is 2.41. The maximum atomic E-state index is 12.3. The average Bonchev–Trinajstić information content (AvgIpc) is 2.37. The van der Waals surface area contributed by atoms with Crippen molar-refractivity contribution in [2.24, 2.45) is 0 Å². The third-order valence-electron chi connectivity index (χ3n) is 3.57. The normalized spacial score (nSPS) is 18.4. The Morgan fingerprint density at radius 3 is 2.63 bits per heavy atom. The third-order valence-corrected chi connectivity index (χ3v) is 4.21. The van der Waals surface area contributed by atoms with Crippen LogP contribution in [0.4, 0.5) is 5.69 Å². The van der Waals surface area contributed by atoms with Crippen molar-refractivity contribution in [3.05, 3.63) is 28.2 Å². The van der Waals surface area contributed by atoms with Gasteiger partial charge >= 0.3 is 0 Å². The van der Waals surface area contributed by atoms with Gasteiger partial charge in [-0.1, -0.05) is 0 Å². The number of amides is 1. The van der Waals surface area contributed by atoms with Crippen LogP contribution in [0, 0.1) is 11.3 Å². The molecule has 0 N–H and O–H groups in total. The van der Waals surface area contributed by atoms with Gasteiger partial charge in [0.25, 0.3) is 0 Å². The van der Waals surface area contributed by atoms with Crippen LogP contribution in [0.2, 0.25) is 0 Å². The first-order valence-corrected chi connectivity index (χ1v) is 6.90. The number of rotatable bonds is 1. The quantitative estimate of drug-likeness (QED) is 0.797. The molecule has 100 valence electrons. The van der Waals surface area contributed by atoms with Crippen molar-refractivity contribution in [1.29, 1.82) is 5.26 Å². The van der Waals surface area contributed by atoms with E-state index in [4.69, 9.17) is 5.26 Å². The molecule has 0 spiro atoms. The smallest absolute Gasteiger partial charge is 0.247 e. The van der Waals surface area contributed by atoms with E-state index in [1.165, 1.54) is 0 Å². The summed E-state index contributed by atoms with van der Waals surface area (Å²) in [6, 6.07) is 7.57. The first-order chi connectivity index (χ1) is 8.87. The number of hydrogen-bond acceptors (Lipinski definition) is 3. The summed E-state index contributed by atoms with van der Waals surface area (Å²) in [5.74, 6) is 0.106. The topological polar surface area (TPSA) is 47.3 Å². The van der Waals surface area contributed by atoms with Crippen LogP contribution in [0.5, 0.6) is 0 Å². The number of benzene rings is 1. The van der Waals surface area contributed by atoms with E-state index in [0.717, 1.165) is 16.7 Å². The minimum Gasteiger partial charge on any atom is -0.355 e. The zero-order chi connectivity index (χ0) is 14.2. The monoisotopic (exact) mass is 321 g/mol. The van der Waals surface area contributed by atoms with Crippen LogP contribution in [0.1, 0.15) is 19.4 Å². The van der Waals surface area contributed by atoms with Crippen LogP contribution < -0.4 is 4.90 Å². The number of likely N-dealkylation sites (N-methyl/N-ethyl adjacent to an activating group) is 1. The molecule has 1 aliphatic rings. The maximum Gasteiger partial charge on any atom is 0.247 e. The molecule has 5 heteroatoms. The lowest BCUT2D eigenvalue weighted by Gasteiger charge is -2.46. The van der Waals surface area contributed by atoms with Gasteiger partial charge in [0, 0.05) is 24.6 Å². The van der Waals surface area contributed by atoms with Crippen molar-refractivity contribution in [3.8, 4) is 6.07 Å². The predicted molar refractivity (Wildman–Crippen MR) is 77.9 cm³/mol. The number of carbonyl (C=O) groups excluding carboxylic acids is 1. The van der Waals surface area contributed by atoms with E-state index >= 15 is 0 Å². The molecular formula is C14H16BrN3O. The van der Waals surface area contributed by atoms with Gasteiger partial charge in [-0.25, -0.2) is 0 Å². The molecule has 1 fully saturated rings. The zero-order valence-corrected chi connectivity index (χ0v) is 12.9. The van der Waals surface area contributed by atoms with E-state index in [9.17, 15) is 4.79 Å². The molecule has 1 heterocycles. The summed E-state index contributed by atoms with van der Waals surface area (Å²) >= 11 is 3.49. The van der Waals surface area contributed by atoms with E-state index in [-0.39, 0.29) is 5.91 Å². The summed E-state index contributed by atoms with van der Waals surface area (Å²) in [4.78, 5) is 16.1. The predicted octanol–water partition coefficient (Wildman–Crippen LogP) is 2.38. The maximum absolute atomic E-state index is 12.3. The third kappa shape index (κ3) is 2.33. The first kappa shape index (κ1) is 13.9. The van der Waals surface area contributed by atoms with Gasteiger partial charge in [-0.05, 0) is 48.0 Å². The summed E-state index contributed by atoms with van der Waals surface area (Å²) in [6.07, 6.45) is 0. The van der Waals surface area contributed by atoms with E-state index in [0.29, 0.717) is 12.1 Å². The summed E-state index contributed by atoms with van der Waals surface area (Å²) < 4.78 is 0.844. The number of anilines is 1. The van der Waals surface area contributed by atoms with Crippen LogP contribution in [0.15, 0.2) is 22.7 Å². The molecule has 0 unspecified atom stereocenters. The minimum absolute atomic E-state index is 0.106. The molecule has 0 aliphatic carbocycles. The van der Waals surface area contributed by atoms with Crippen LogP contribution in [0.25, 0.3) is 0 Å². The fourth-order valence-corrected chi connectivity index (χ4v) is 3.02. The van der Waals surface area contributed by atoms with Gasteiger partial charge < -0.3 is 9.80 Å². The van der Waals surface area contributed by atoms with Crippen molar-refractivity contribution in [3.63, 3.8) is 0 Å². The SMILES string of the molecule is CN1CCN(c2ccc(C#N)cc2Br)C(C)(C)C1=O. The number of carbonyl (C=O) groups is 1. The minimum atomic E-state index is -0.580. The number of halogens is 1. The Morgan fingerprint density at radius 2 is 2.05 bits per heavy atom. The van der Waals surface area contributed by atoms with Crippen LogP contribution >= 0.6 is 15.9 Å². The van der Waals surface area contributed by atoms with Gasteiger partial charge in [-0.2, -0.15) is 5.26 Å². The number of nitrogens with zero attached hydrogens (tertiary/aromatic N) is 3. The van der Waals surface area contributed by atoms with E-state index in [1.807, 2.05) is 27.0 Å². The number of nitriles is 1. The van der Waals surface area contributed by atoms with Crippen molar-refractivity contribution in [1.82, 2.24) is 4.90 Å². The molecule has 0 radical (unpaired) electrons. The Morgan fingerprint density at radius 1 is 1.37 bits per heavy atom. The molecule has 0 atom stereocenters. The number of piperazine rings is 1. The highest BCUT2D eigenvalue weighted by Crippen LogP contribution is 2.34. The highest BCUT2D eigenvalue weighted by molar-refractivity contribution is 9.10. The second kappa shape index (κ2) is 4.86. The summed E-state index contributed by atoms with van der Waals surface area (Å²) in [6.45, 7) is 5.33. The first-order valence-electron chi connectivity index (χ1n) is 6.11. The summed E-state index contributed by atoms with van der Waals surface area (Å²) in [5.41, 5.74) is 0.975. The summed E-state index contributed by atoms with van der Waals surface area (Å²) in [7, 11) is 1.83. The van der Waals surface area contributed by atoms with Crippen LogP contribution in [-0.2, 0) is 4.79 Å². The molecule has 2 rings (SSSR count). The second-order valence-electron chi connectivity index (χ2n) is 5.22. The van der Waals surface area contributed by atoms with Gasteiger partial charge in [-0.15, -0.1) is 0 Å². The molecule has 1 aliphatic heterocycles. The fourth-order valence-electron chi connectivity index (χ4n) is 2.43. The molecule has 1 aromatic carbocycles. The Labute approximate surface area is 121 Å². The molecule has 1 amide bonds. The van der Waals surface area contributed by atoms with E-state index in [1.54, 1.807) is 17.0 Å². The van der Waals surface area contributed by atoms with Gasteiger partial charge in [0.15, 0.2) is 0 Å². The van der Waals surface area contributed by atoms with Crippen molar-refractivity contribution < 1.29 is 4.79 Å². The lowest BCUT2D eigenvalue weighted by molar-refractivity contribution is -0.136. The largest absolute Gasteiger partial charge is 0.355 e. The zero-order valence-electron chi connectivity index (χ0n) is 11.3. The molecule has 0 aromatic heterocycles. The molecular weight excluding hydrogens is 306 g/mol. The van der Waals surface area contributed by atoms with Crippen LogP contribution in [-0.4, -0.2) is 36.5 Å². The van der Waals surface area contributed by atoms with Gasteiger partial charge in [-0.3, -0.25) is 4.79 Å². The van der Waals surface area contributed by atoms with Crippen molar-refractivity contribution in [2.75, 3.05) is 25.0 Å². The molecule has 0 saturated carbocycles. The van der Waals surface area contributed by atoms with Crippen LogP contribution in [0.3, 0.4) is 0 Å². The Hall–Kier alpha value is -1.54. The van der Waals surface area contributed by atoms with Gasteiger partial charge in [0.05, 0.1) is 17.3 Å². The Kier molecular flexibility index (Phi) is 3.55. The van der Waals surface area contributed by atoms with E-state index in [2.05, 4.69) is 26.9 Å². The second-order valence-corrected chi connectivity index (χ2v) is 6.07. The number of hydrogen-bond donors (Lipinski definition) is 0. The molecule has 1 aromatic rings. The fraction of sp³-hybridized carbons (Fsp3) is 0.429. The molecule has 1 saturated heterocycles. The molecule has 0 bridgehead atoms.